The van der Waals surface area contributed by atoms with Crippen LogP contribution >= 0.6 is 11.3 Å². The average molecular weight is 498 g/mol. The molecule has 8 nitrogen and oxygen atoms in total. The zero-order chi connectivity index (χ0) is 24.6. The highest BCUT2D eigenvalue weighted by atomic mass is 32.1. The van der Waals surface area contributed by atoms with Gasteiger partial charge in [-0.1, -0.05) is 23.5 Å². The summed E-state index contributed by atoms with van der Waals surface area (Å²) in [6.07, 6.45) is 2.07. The molecule has 0 atom stereocenters. The van der Waals surface area contributed by atoms with Crippen molar-refractivity contribution in [2.24, 2.45) is 0 Å². The van der Waals surface area contributed by atoms with Crippen LogP contribution in [0.2, 0.25) is 0 Å². The second kappa shape index (κ2) is 11.9. The Morgan fingerprint density at radius 3 is 2.54 bits per heavy atom. The van der Waals surface area contributed by atoms with Crippen LogP contribution in [0.4, 0.5) is 10.1 Å². The van der Waals surface area contributed by atoms with Gasteiger partial charge in [0.05, 0.1) is 13.7 Å². The molecule has 184 valence electrons. The number of nitrogens with one attached hydrogen (secondary N) is 1. The number of aromatic nitrogens is 2. The van der Waals surface area contributed by atoms with E-state index in [1.54, 1.807) is 7.11 Å². The summed E-state index contributed by atoms with van der Waals surface area (Å²) in [5.41, 5.74) is 1.61. The summed E-state index contributed by atoms with van der Waals surface area (Å²) in [5.74, 6) is 0.239. The third kappa shape index (κ3) is 7.06. The summed E-state index contributed by atoms with van der Waals surface area (Å²) in [7, 11) is 1.64. The first-order chi connectivity index (χ1) is 17.0. The molecule has 1 aliphatic heterocycles. The van der Waals surface area contributed by atoms with Crippen LogP contribution in [0.25, 0.3) is 0 Å². The summed E-state index contributed by atoms with van der Waals surface area (Å²) in [5, 5.41) is 11.9. The van der Waals surface area contributed by atoms with Crippen LogP contribution in [0.3, 0.4) is 0 Å². The fourth-order valence-electron chi connectivity index (χ4n) is 3.90. The Bertz CT molecular complexity index is 1140. The fraction of sp³-hybridized carbons (Fsp3) is 0.360. The van der Waals surface area contributed by atoms with E-state index in [1.807, 2.05) is 29.2 Å². The summed E-state index contributed by atoms with van der Waals surface area (Å²) in [6, 6.07) is 13.4. The molecule has 0 spiro atoms. The van der Waals surface area contributed by atoms with E-state index >= 15 is 0 Å². The smallest absolute Gasteiger partial charge is 0.286 e. The van der Waals surface area contributed by atoms with Crippen molar-refractivity contribution < 1.29 is 18.7 Å². The number of methoxy groups -OCH3 is 1. The molecule has 1 fully saturated rings. The van der Waals surface area contributed by atoms with Gasteiger partial charge in [0, 0.05) is 38.3 Å². The first-order valence-electron chi connectivity index (χ1n) is 11.5. The van der Waals surface area contributed by atoms with Gasteiger partial charge in [-0.2, -0.15) is 0 Å². The van der Waals surface area contributed by atoms with Crippen molar-refractivity contribution in [2.75, 3.05) is 38.6 Å². The Balaban J connectivity index is 1.24. The molecule has 3 aromatic rings. The van der Waals surface area contributed by atoms with Gasteiger partial charge in [0.2, 0.25) is 10.9 Å². The standard InChI is InChI=1S/C25H28FN5O3S/c1-34-21-10-3-18(4-11-21)5-12-23(32)31-14-2-13-30(15-16-31)17-22-28-29-25(35-22)24(33)27-20-8-6-19(26)7-9-20/h3-4,6-11H,2,5,12-17H2,1H3,(H,27,33). The second-order valence-electron chi connectivity index (χ2n) is 8.32. The highest BCUT2D eigenvalue weighted by Gasteiger charge is 2.21. The molecule has 1 saturated heterocycles. The number of carbonyl (C=O) groups excluding carboxylic acids is 2. The number of amides is 2. The molecule has 35 heavy (non-hydrogen) atoms. The maximum absolute atomic E-state index is 13.0. The van der Waals surface area contributed by atoms with E-state index in [-0.39, 0.29) is 22.6 Å². The first kappa shape index (κ1) is 24.7. The van der Waals surface area contributed by atoms with Crippen LogP contribution in [-0.4, -0.2) is 65.1 Å². The number of rotatable bonds is 8. The van der Waals surface area contributed by atoms with Crippen LogP contribution in [0, 0.1) is 5.82 Å². The minimum absolute atomic E-state index is 0.165. The molecule has 0 saturated carbocycles. The van der Waals surface area contributed by atoms with Crippen LogP contribution in [-0.2, 0) is 17.8 Å². The molecule has 1 aromatic heterocycles. The van der Waals surface area contributed by atoms with Gasteiger partial charge >= 0.3 is 0 Å². The monoisotopic (exact) mass is 497 g/mol. The lowest BCUT2D eigenvalue weighted by atomic mass is 10.1. The van der Waals surface area contributed by atoms with E-state index in [2.05, 4.69) is 20.4 Å². The molecule has 1 aliphatic rings. The third-order valence-corrected chi connectivity index (χ3v) is 6.76. The van der Waals surface area contributed by atoms with Crippen molar-refractivity contribution in [3.8, 4) is 5.75 Å². The SMILES string of the molecule is COc1ccc(CCC(=O)N2CCCN(Cc3nnc(C(=O)Nc4ccc(F)cc4)s3)CC2)cc1. The van der Waals surface area contributed by atoms with Crippen LogP contribution < -0.4 is 10.1 Å². The molecule has 2 amide bonds. The maximum Gasteiger partial charge on any atom is 0.286 e. The van der Waals surface area contributed by atoms with Crippen LogP contribution in [0.5, 0.6) is 5.75 Å². The summed E-state index contributed by atoms with van der Waals surface area (Å²) >= 11 is 1.24. The predicted octanol–water partition coefficient (Wildman–Crippen LogP) is 3.61. The lowest BCUT2D eigenvalue weighted by molar-refractivity contribution is -0.131. The molecule has 2 aromatic carbocycles. The molecular weight excluding hydrogens is 469 g/mol. The van der Waals surface area contributed by atoms with Gasteiger partial charge in [-0.05, 0) is 54.8 Å². The fourth-order valence-corrected chi connectivity index (χ4v) is 4.68. The molecule has 4 rings (SSSR count). The largest absolute Gasteiger partial charge is 0.497 e. The zero-order valence-corrected chi connectivity index (χ0v) is 20.4. The molecule has 10 heteroatoms. The van der Waals surface area contributed by atoms with E-state index in [0.29, 0.717) is 31.6 Å². The minimum Gasteiger partial charge on any atom is -0.497 e. The number of hydrogen-bond acceptors (Lipinski definition) is 7. The van der Waals surface area contributed by atoms with E-state index in [9.17, 15) is 14.0 Å². The molecule has 2 heterocycles. The Kier molecular flexibility index (Phi) is 8.38. The summed E-state index contributed by atoms with van der Waals surface area (Å²) in [4.78, 5) is 29.3. The number of aryl methyl sites for hydroxylation is 1. The molecule has 0 unspecified atom stereocenters. The van der Waals surface area contributed by atoms with Gasteiger partial charge in [-0.15, -0.1) is 10.2 Å². The predicted molar refractivity (Wildman–Crippen MR) is 132 cm³/mol. The van der Waals surface area contributed by atoms with Crippen molar-refractivity contribution in [1.82, 2.24) is 20.0 Å². The highest BCUT2D eigenvalue weighted by molar-refractivity contribution is 7.13. The quantitative estimate of drug-likeness (QED) is 0.512. The van der Waals surface area contributed by atoms with Crippen molar-refractivity contribution in [3.63, 3.8) is 0 Å². The number of anilines is 1. The van der Waals surface area contributed by atoms with Gasteiger partial charge in [0.15, 0.2) is 0 Å². The number of benzene rings is 2. The molecule has 1 N–H and O–H groups in total. The Morgan fingerprint density at radius 1 is 1.03 bits per heavy atom. The lowest BCUT2D eigenvalue weighted by Gasteiger charge is -2.21. The normalized spacial score (nSPS) is 14.4. The minimum atomic E-state index is -0.371. The molecule has 0 bridgehead atoms. The summed E-state index contributed by atoms with van der Waals surface area (Å²) in [6.45, 7) is 3.57. The number of nitrogens with zero attached hydrogens (tertiary/aromatic N) is 4. The Hall–Kier alpha value is -3.37. The topological polar surface area (TPSA) is 87.7 Å². The lowest BCUT2D eigenvalue weighted by Crippen LogP contribution is -2.35. The van der Waals surface area contributed by atoms with Crippen LogP contribution in [0.1, 0.15) is 33.2 Å². The average Bonchev–Trinajstić information content (AvgIpc) is 3.22. The van der Waals surface area contributed by atoms with E-state index in [0.717, 1.165) is 42.4 Å². The highest BCUT2D eigenvalue weighted by Crippen LogP contribution is 2.17. The first-order valence-corrected chi connectivity index (χ1v) is 12.3. The summed E-state index contributed by atoms with van der Waals surface area (Å²) < 4.78 is 18.2. The van der Waals surface area contributed by atoms with Crippen molar-refractivity contribution in [3.05, 3.63) is 69.9 Å². The maximum atomic E-state index is 13.0. The van der Waals surface area contributed by atoms with Crippen molar-refractivity contribution >= 4 is 28.8 Å². The van der Waals surface area contributed by atoms with E-state index in [4.69, 9.17) is 4.74 Å². The van der Waals surface area contributed by atoms with Crippen molar-refractivity contribution in [1.29, 1.82) is 0 Å². The van der Waals surface area contributed by atoms with E-state index in [1.165, 1.54) is 35.6 Å². The Labute approximate surface area is 207 Å². The molecular formula is C25H28FN5O3S. The zero-order valence-electron chi connectivity index (χ0n) is 19.6. The van der Waals surface area contributed by atoms with Gasteiger partial charge < -0.3 is 15.0 Å². The number of ether oxygens (including phenoxy) is 1. The molecule has 0 radical (unpaired) electrons. The van der Waals surface area contributed by atoms with Gasteiger partial charge in [0.1, 0.15) is 16.6 Å². The van der Waals surface area contributed by atoms with Gasteiger partial charge in [-0.3, -0.25) is 14.5 Å². The van der Waals surface area contributed by atoms with Crippen LogP contribution in [0.15, 0.2) is 48.5 Å². The van der Waals surface area contributed by atoms with Crippen molar-refractivity contribution in [2.45, 2.75) is 25.8 Å². The van der Waals surface area contributed by atoms with E-state index < -0.39 is 0 Å². The Morgan fingerprint density at radius 2 is 1.80 bits per heavy atom. The molecule has 0 aliphatic carbocycles. The van der Waals surface area contributed by atoms with Gasteiger partial charge in [-0.25, -0.2) is 4.39 Å². The number of halogens is 1. The second-order valence-corrected chi connectivity index (χ2v) is 9.38. The third-order valence-electron chi connectivity index (χ3n) is 5.85. The number of carbonyl (C=O) groups is 2. The number of hydrogen-bond donors (Lipinski definition) is 1. The van der Waals surface area contributed by atoms with Gasteiger partial charge in [0.25, 0.3) is 5.91 Å².